The number of hydrogen-bond donors (Lipinski definition) is 1. The van der Waals surface area contributed by atoms with E-state index < -0.39 is 30.3 Å². The molecule has 1 aliphatic rings. The number of benzene rings is 1. The molecular formula is C18H19F2N3O2. The molecule has 1 aromatic heterocycles. The first-order chi connectivity index (χ1) is 11.8. The third-order valence-electron chi connectivity index (χ3n) is 4.39. The van der Waals surface area contributed by atoms with E-state index >= 15 is 0 Å². The lowest BCUT2D eigenvalue weighted by Crippen LogP contribution is -2.42. The van der Waals surface area contributed by atoms with Crippen molar-refractivity contribution in [3.63, 3.8) is 0 Å². The number of carbonyl (C=O) groups is 2. The Balaban J connectivity index is 1.70. The van der Waals surface area contributed by atoms with Crippen molar-refractivity contribution >= 4 is 22.7 Å². The Labute approximate surface area is 144 Å². The van der Waals surface area contributed by atoms with Gasteiger partial charge in [-0.1, -0.05) is 12.1 Å². The standard InChI is InChI=1S/C18H19F2N3O2/c1-11-3-4-13-14(5-6-21-15(13)7-11)17(25)22-9-16(24)23-10-18(19,20)8-12(23)2/h3-7,12H,8-10H2,1-2H3,(H,22,25). The molecule has 1 aliphatic heterocycles. The molecule has 2 aromatic rings. The summed E-state index contributed by atoms with van der Waals surface area (Å²) in [5.74, 6) is -3.80. The average molecular weight is 347 g/mol. The molecule has 0 aliphatic carbocycles. The van der Waals surface area contributed by atoms with Crippen molar-refractivity contribution in [1.29, 1.82) is 0 Å². The van der Waals surface area contributed by atoms with Crippen molar-refractivity contribution in [2.45, 2.75) is 32.2 Å². The molecule has 3 rings (SSSR count). The van der Waals surface area contributed by atoms with Gasteiger partial charge in [-0.2, -0.15) is 0 Å². The fourth-order valence-electron chi connectivity index (χ4n) is 3.15. The van der Waals surface area contributed by atoms with E-state index in [1.54, 1.807) is 19.1 Å². The van der Waals surface area contributed by atoms with Gasteiger partial charge in [0.25, 0.3) is 11.8 Å². The average Bonchev–Trinajstić information content (AvgIpc) is 2.84. The van der Waals surface area contributed by atoms with Crippen LogP contribution < -0.4 is 5.32 Å². The SMILES string of the molecule is Cc1ccc2c(C(=O)NCC(=O)N3CC(F)(F)CC3C)ccnc2c1. The van der Waals surface area contributed by atoms with E-state index in [1.165, 1.54) is 6.20 Å². The first-order valence-electron chi connectivity index (χ1n) is 8.08. The number of amides is 2. The van der Waals surface area contributed by atoms with Gasteiger partial charge in [0, 0.05) is 24.0 Å². The van der Waals surface area contributed by atoms with E-state index in [9.17, 15) is 18.4 Å². The van der Waals surface area contributed by atoms with E-state index in [0.29, 0.717) is 16.5 Å². The zero-order chi connectivity index (χ0) is 18.2. The summed E-state index contributed by atoms with van der Waals surface area (Å²) in [6.07, 6.45) is 1.18. The lowest BCUT2D eigenvalue weighted by Gasteiger charge is -2.21. The number of aromatic nitrogens is 1. The predicted molar refractivity (Wildman–Crippen MR) is 89.6 cm³/mol. The van der Waals surface area contributed by atoms with Gasteiger partial charge in [-0.05, 0) is 31.5 Å². The first kappa shape index (κ1) is 17.3. The molecule has 25 heavy (non-hydrogen) atoms. The van der Waals surface area contributed by atoms with Crippen molar-refractivity contribution in [2.75, 3.05) is 13.1 Å². The van der Waals surface area contributed by atoms with Crippen LogP contribution in [0.4, 0.5) is 8.78 Å². The summed E-state index contributed by atoms with van der Waals surface area (Å²) in [5.41, 5.74) is 2.11. The summed E-state index contributed by atoms with van der Waals surface area (Å²) in [7, 11) is 0. The maximum Gasteiger partial charge on any atom is 0.267 e. The monoisotopic (exact) mass is 347 g/mol. The molecule has 0 bridgehead atoms. The molecule has 132 valence electrons. The predicted octanol–water partition coefficient (Wildman–Crippen LogP) is 2.53. The smallest absolute Gasteiger partial charge is 0.267 e. The Morgan fingerprint density at radius 2 is 2.12 bits per heavy atom. The van der Waals surface area contributed by atoms with Crippen molar-refractivity contribution in [3.8, 4) is 0 Å². The maximum absolute atomic E-state index is 13.4. The van der Waals surface area contributed by atoms with Crippen LogP contribution in [0.1, 0.15) is 29.3 Å². The number of rotatable bonds is 3. The fourth-order valence-corrected chi connectivity index (χ4v) is 3.15. The molecule has 2 amide bonds. The van der Waals surface area contributed by atoms with Gasteiger partial charge in [0.05, 0.1) is 24.2 Å². The molecule has 1 unspecified atom stereocenters. The summed E-state index contributed by atoms with van der Waals surface area (Å²) < 4.78 is 26.8. The summed E-state index contributed by atoms with van der Waals surface area (Å²) in [4.78, 5) is 29.9. The minimum atomic E-state index is -2.86. The van der Waals surface area contributed by atoms with Gasteiger partial charge in [-0.25, -0.2) is 8.78 Å². The Hall–Kier alpha value is -2.57. The molecule has 0 spiro atoms. The Bertz CT molecular complexity index is 838. The summed E-state index contributed by atoms with van der Waals surface area (Å²) in [6, 6.07) is 6.58. The molecule has 7 heteroatoms. The van der Waals surface area contributed by atoms with Crippen LogP contribution in [0.5, 0.6) is 0 Å². The fraction of sp³-hybridized carbons (Fsp3) is 0.389. The molecule has 1 fully saturated rings. The Morgan fingerprint density at radius 3 is 2.80 bits per heavy atom. The van der Waals surface area contributed by atoms with Crippen molar-refractivity contribution in [2.24, 2.45) is 0 Å². The normalized spacial score (nSPS) is 19.2. The van der Waals surface area contributed by atoms with Gasteiger partial charge in [0.1, 0.15) is 0 Å². The second-order valence-corrected chi connectivity index (χ2v) is 6.49. The molecule has 0 radical (unpaired) electrons. The quantitative estimate of drug-likeness (QED) is 0.928. The second-order valence-electron chi connectivity index (χ2n) is 6.49. The highest BCUT2D eigenvalue weighted by molar-refractivity contribution is 6.06. The van der Waals surface area contributed by atoms with Gasteiger partial charge in [0.2, 0.25) is 5.91 Å². The summed E-state index contributed by atoms with van der Waals surface area (Å²) in [5, 5.41) is 3.21. The number of pyridine rings is 1. The number of nitrogens with one attached hydrogen (secondary N) is 1. The lowest BCUT2D eigenvalue weighted by molar-refractivity contribution is -0.131. The van der Waals surface area contributed by atoms with E-state index in [4.69, 9.17) is 0 Å². The Kier molecular flexibility index (Phi) is 4.41. The molecule has 1 N–H and O–H groups in total. The molecule has 0 saturated carbocycles. The highest BCUT2D eigenvalue weighted by Crippen LogP contribution is 2.31. The van der Waals surface area contributed by atoms with Crippen LogP contribution >= 0.6 is 0 Å². The summed E-state index contributed by atoms with van der Waals surface area (Å²) >= 11 is 0. The number of nitrogens with zero attached hydrogens (tertiary/aromatic N) is 2. The minimum Gasteiger partial charge on any atom is -0.343 e. The highest BCUT2D eigenvalue weighted by Gasteiger charge is 2.44. The van der Waals surface area contributed by atoms with Crippen LogP contribution in [0.25, 0.3) is 10.9 Å². The zero-order valence-corrected chi connectivity index (χ0v) is 14.1. The topological polar surface area (TPSA) is 62.3 Å². The van der Waals surface area contributed by atoms with Crippen LogP contribution in [0.2, 0.25) is 0 Å². The van der Waals surface area contributed by atoms with Gasteiger partial charge in [0.15, 0.2) is 0 Å². The van der Waals surface area contributed by atoms with Crippen molar-refractivity contribution in [1.82, 2.24) is 15.2 Å². The number of alkyl halides is 2. The van der Waals surface area contributed by atoms with Gasteiger partial charge < -0.3 is 10.2 Å². The number of halogens is 2. The number of carbonyl (C=O) groups excluding carboxylic acids is 2. The largest absolute Gasteiger partial charge is 0.343 e. The maximum atomic E-state index is 13.4. The number of fused-ring (bicyclic) bond motifs is 1. The van der Waals surface area contributed by atoms with E-state index in [0.717, 1.165) is 10.5 Å². The first-order valence-corrected chi connectivity index (χ1v) is 8.08. The minimum absolute atomic E-state index is 0.311. The molecular weight excluding hydrogens is 328 g/mol. The van der Waals surface area contributed by atoms with Gasteiger partial charge in [-0.15, -0.1) is 0 Å². The molecule has 1 aromatic carbocycles. The van der Waals surface area contributed by atoms with Crippen LogP contribution in [-0.2, 0) is 4.79 Å². The van der Waals surface area contributed by atoms with Crippen LogP contribution in [0.3, 0.4) is 0 Å². The molecule has 1 atom stereocenters. The highest BCUT2D eigenvalue weighted by atomic mass is 19.3. The number of likely N-dealkylation sites (tertiary alicyclic amines) is 1. The summed E-state index contributed by atoms with van der Waals surface area (Å²) in [6.45, 7) is 2.61. The van der Waals surface area contributed by atoms with Gasteiger partial charge in [-0.3, -0.25) is 14.6 Å². The van der Waals surface area contributed by atoms with Crippen LogP contribution in [0.15, 0.2) is 30.5 Å². The number of aryl methyl sites for hydroxylation is 1. The van der Waals surface area contributed by atoms with Crippen molar-refractivity contribution < 1.29 is 18.4 Å². The molecule has 2 heterocycles. The second kappa shape index (κ2) is 6.38. The van der Waals surface area contributed by atoms with Crippen molar-refractivity contribution in [3.05, 3.63) is 41.6 Å². The van der Waals surface area contributed by atoms with E-state index in [1.807, 2.05) is 19.1 Å². The van der Waals surface area contributed by atoms with Crippen LogP contribution in [-0.4, -0.2) is 46.8 Å². The number of hydrogen-bond acceptors (Lipinski definition) is 3. The van der Waals surface area contributed by atoms with E-state index in [-0.39, 0.29) is 13.0 Å². The lowest BCUT2D eigenvalue weighted by atomic mass is 10.1. The Morgan fingerprint density at radius 1 is 1.36 bits per heavy atom. The third kappa shape index (κ3) is 3.60. The molecule has 1 saturated heterocycles. The van der Waals surface area contributed by atoms with Crippen LogP contribution in [0, 0.1) is 6.92 Å². The third-order valence-corrected chi connectivity index (χ3v) is 4.39. The zero-order valence-electron chi connectivity index (χ0n) is 14.1. The molecule has 5 nitrogen and oxygen atoms in total. The van der Waals surface area contributed by atoms with E-state index in [2.05, 4.69) is 10.3 Å². The van der Waals surface area contributed by atoms with Gasteiger partial charge >= 0.3 is 0 Å².